The first kappa shape index (κ1) is 39.2. The number of amides is 1. The zero-order chi connectivity index (χ0) is 31.1. The molecule has 0 aromatic rings. The number of esters is 1. The van der Waals surface area contributed by atoms with Gasteiger partial charge in [-0.15, -0.1) is 0 Å². The average molecular weight is 650 g/mol. The fourth-order valence-electron chi connectivity index (χ4n) is 5.04. The Labute approximate surface area is 250 Å². The molecule has 0 spiro atoms. The summed E-state index contributed by atoms with van der Waals surface area (Å²) >= 11 is 0. The highest BCUT2D eigenvalue weighted by Crippen LogP contribution is 2.30. The van der Waals surface area contributed by atoms with Crippen molar-refractivity contribution in [2.75, 3.05) is 6.54 Å². The maximum absolute atomic E-state index is 11.5. The minimum atomic E-state index is -2.29. The lowest BCUT2D eigenvalue weighted by Crippen LogP contribution is -2.53. The molecule has 13 heteroatoms. The van der Waals surface area contributed by atoms with Crippen LogP contribution in [0.15, 0.2) is 25.7 Å². The molecule has 0 radical (unpaired) electrons. The van der Waals surface area contributed by atoms with Crippen LogP contribution in [0, 0.1) is 0 Å². The number of carbonyl (C=O) groups excluding carboxylic acids is 2. The molecule has 0 fully saturated rings. The first-order valence-corrected chi connectivity index (χ1v) is 30.0. The Bertz CT molecular complexity index is 804. The van der Waals surface area contributed by atoms with Crippen LogP contribution in [0.2, 0.25) is 89.6 Å². The predicted molar refractivity (Wildman–Crippen MR) is 179 cm³/mol. The standard InChI is InChI=1S/C27H59NO7Si5/c1-13-31-26(29)20-16-15-18-22-36(3,4)33-38(7,8)24-25-39(9,10)35-40(11,12)34-37(5,6)23-19-17-21-28-27(30)32-14-2/h13-14H,1-2,15-25H2,3-12H3,(H,28,30). The van der Waals surface area contributed by atoms with Gasteiger partial charge >= 0.3 is 20.6 Å². The van der Waals surface area contributed by atoms with E-state index in [0.29, 0.717) is 13.0 Å². The first-order chi connectivity index (χ1) is 18.2. The molecular weight excluding hydrogens is 591 g/mol. The van der Waals surface area contributed by atoms with E-state index in [9.17, 15) is 9.59 Å². The first-order valence-electron chi connectivity index (χ1n) is 14.7. The Morgan fingerprint density at radius 1 is 0.600 bits per heavy atom. The quantitative estimate of drug-likeness (QED) is 0.0544. The molecule has 234 valence electrons. The van der Waals surface area contributed by atoms with E-state index < -0.39 is 47.9 Å². The van der Waals surface area contributed by atoms with Crippen molar-refractivity contribution in [3.8, 4) is 0 Å². The van der Waals surface area contributed by atoms with Crippen molar-refractivity contribution in [1.29, 1.82) is 0 Å². The fraction of sp³-hybridized carbons (Fsp3) is 0.778. The minimum absolute atomic E-state index is 0.203. The van der Waals surface area contributed by atoms with E-state index >= 15 is 0 Å². The Morgan fingerprint density at radius 3 is 1.57 bits per heavy atom. The lowest BCUT2D eigenvalue weighted by atomic mass is 10.2. The summed E-state index contributed by atoms with van der Waals surface area (Å²) in [6.07, 6.45) is 7.16. The van der Waals surface area contributed by atoms with Crippen LogP contribution >= 0.6 is 0 Å². The van der Waals surface area contributed by atoms with E-state index in [1.54, 1.807) is 0 Å². The molecule has 0 heterocycles. The highest BCUT2D eigenvalue weighted by molar-refractivity contribution is 6.89. The van der Waals surface area contributed by atoms with Crippen molar-refractivity contribution in [3.05, 3.63) is 25.7 Å². The molecule has 0 aliphatic rings. The third-order valence-corrected chi connectivity index (χ3v) is 25.8. The normalized spacial score (nSPS) is 13.1. The SMILES string of the molecule is C=COC(=O)CCCCC[Si](C)(C)O[Si](C)(C)CC[Si](C)(C)O[Si](C)(C)O[Si](C)(C)CCCCNC(=O)OC=C. The monoisotopic (exact) mass is 649 g/mol. The van der Waals surface area contributed by atoms with E-state index in [1.807, 2.05) is 0 Å². The summed E-state index contributed by atoms with van der Waals surface area (Å²) in [5.74, 6) is -0.203. The third kappa shape index (κ3) is 21.0. The van der Waals surface area contributed by atoms with Crippen molar-refractivity contribution in [2.24, 2.45) is 0 Å². The summed E-state index contributed by atoms with van der Waals surface area (Å²) in [6.45, 7) is 30.3. The van der Waals surface area contributed by atoms with Gasteiger partial charge in [0.05, 0.1) is 12.5 Å². The number of hydrogen-bond donors (Lipinski definition) is 1. The van der Waals surface area contributed by atoms with Crippen molar-refractivity contribution in [3.63, 3.8) is 0 Å². The van der Waals surface area contributed by atoms with Gasteiger partial charge in [-0.3, -0.25) is 4.79 Å². The number of rotatable bonds is 22. The molecule has 8 nitrogen and oxygen atoms in total. The van der Waals surface area contributed by atoms with Crippen LogP contribution in [-0.2, 0) is 26.6 Å². The molecule has 0 atom stereocenters. The molecular formula is C27H59NO7Si5. The molecule has 1 amide bonds. The van der Waals surface area contributed by atoms with Gasteiger partial charge in [0.1, 0.15) is 0 Å². The largest absolute Gasteiger partial charge is 0.456 e. The third-order valence-electron chi connectivity index (χ3n) is 6.47. The summed E-state index contributed by atoms with van der Waals surface area (Å²) < 4.78 is 29.9. The van der Waals surface area contributed by atoms with Crippen LogP contribution in [0.1, 0.15) is 38.5 Å². The van der Waals surface area contributed by atoms with Crippen LogP contribution in [0.4, 0.5) is 4.79 Å². The van der Waals surface area contributed by atoms with Crippen LogP contribution in [-0.4, -0.2) is 60.4 Å². The molecule has 0 saturated carbocycles. The van der Waals surface area contributed by atoms with E-state index in [2.05, 4.69) is 88.7 Å². The summed E-state index contributed by atoms with van der Waals surface area (Å²) in [6, 6.07) is 4.32. The van der Waals surface area contributed by atoms with Gasteiger partial charge in [-0.05, 0) is 102 Å². The molecule has 0 bridgehead atoms. The molecule has 0 saturated heterocycles. The average Bonchev–Trinajstić information content (AvgIpc) is 2.75. The highest BCUT2D eigenvalue weighted by atomic mass is 28.5. The lowest BCUT2D eigenvalue weighted by molar-refractivity contribution is -0.138. The van der Waals surface area contributed by atoms with E-state index in [4.69, 9.17) is 17.1 Å². The second kappa shape index (κ2) is 18.0. The Kier molecular flexibility index (Phi) is 17.6. The Hall–Kier alpha value is -0.816. The molecule has 0 aliphatic heterocycles. The molecule has 1 N–H and O–H groups in total. The van der Waals surface area contributed by atoms with E-state index in [-0.39, 0.29) is 5.97 Å². The zero-order valence-electron chi connectivity index (χ0n) is 27.2. The van der Waals surface area contributed by atoms with Gasteiger partial charge in [-0.2, -0.15) is 0 Å². The number of unbranched alkanes of at least 4 members (excludes halogenated alkanes) is 3. The number of carbonyl (C=O) groups is 2. The number of alkyl carbamates (subject to hydrolysis) is 1. The number of hydrogen-bond acceptors (Lipinski definition) is 7. The summed E-state index contributed by atoms with van der Waals surface area (Å²) in [5, 5.41) is 2.72. The smallest absolute Gasteiger partial charge is 0.411 e. The molecule has 0 aromatic heterocycles. The van der Waals surface area contributed by atoms with Gasteiger partial charge in [0, 0.05) is 13.0 Å². The van der Waals surface area contributed by atoms with E-state index in [1.165, 1.54) is 6.26 Å². The van der Waals surface area contributed by atoms with Crippen LogP contribution < -0.4 is 5.32 Å². The molecule has 0 rings (SSSR count). The van der Waals surface area contributed by atoms with Crippen molar-refractivity contribution < 1.29 is 31.4 Å². The maximum Gasteiger partial charge on any atom is 0.411 e. The Balaban J connectivity index is 4.61. The van der Waals surface area contributed by atoms with Crippen LogP contribution in [0.5, 0.6) is 0 Å². The van der Waals surface area contributed by atoms with Crippen molar-refractivity contribution >= 4 is 53.9 Å². The van der Waals surface area contributed by atoms with Crippen LogP contribution in [0.25, 0.3) is 0 Å². The zero-order valence-corrected chi connectivity index (χ0v) is 32.2. The van der Waals surface area contributed by atoms with Gasteiger partial charge in [0.2, 0.25) is 0 Å². The summed E-state index contributed by atoms with van der Waals surface area (Å²) in [5.41, 5.74) is 0. The van der Waals surface area contributed by atoms with Gasteiger partial charge in [-0.1, -0.05) is 32.4 Å². The summed E-state index contributed by atoms with van der Waals surface area (Å²) in [4.78, 5) is 22.8. The van der Waals surface area contributed by atoms with E-state index in [0.717, 1.165) is 62.5 Å². The second-order valence-corrected chi connectivity index (χ2v) is 34.7. The van der Waals surface area contributed by atoms with Gasteiger partial charge in [-0.25, -0.2) is 4.79 Å². The topological polar surface area (TPSA) is 92.3 Å². The van der Waals surface area contributed by atoms with Crippen molar-refractivity contribution in [2.45, 2.75) is 128 Å². The molecule has 0 aromatic carbocycles. The fourth-order valence-corrected chi connectivity index (χ4v) is 30.9. The highest BCUT2D eigenvalue weighted by Gasteiger charge is 2.41. The predicted octanol–water partition coefficient (Wildman–Crippen LogP) is 8.46. The van der Waals surface area contributed by atoms with Gasteiger partial charge < -0.3 is 27.1 Å². The van der Waals surface area contributed by atoms with Gasteiger partial charge in [0.25, 0.3) is 0 Å². The Morgan fingerprint density at radius 2 is 1.05 bits per heavy atom. The molecule has 0 unspecified atom stereocenters. The maximum atomic E-state index is 11.5. The van der Waals surface area contributed by atoms with Crippen molar-refractivity contribution in [1.82, 2.24) is 5.32 Å². The van der Waals surface area contributed by atoms with Crippen LogP contribution in [0.3, 0.4) is 0 Å². The molecule has 0 aliphatic carbocycles. The lowest BCUT2D eigenvalue weighted by Gasteiger charge is -2.40. The minimum Gasteiger partial charge on any atom is -0.456 e. The number of nitrogens with one attached hydrogen (secondary N) is 1. The summed E-state index contributed by atoms with van der Waals surface area (Å²) in [7, 11) is -9.73. The molecule has 40 heavy (non-hydrogen) atoms. The second-order valence-electron chi connectivity index (χ2n) is 13.4. The van der Waals surface area contributed by atoms with Gasteiger partial charge in [0.15, 0.2) is 33.3 Å². The number of ether oxygens (including phenoxy) is 2.